The van der Waals surface area contributed by atoms with Gasteiger partial charge in [-0.05, 0) is 19.4 Å². The molecule has 0 fully saturated rings. The molecule has 6 nitrogen and oxygen atoms in total. The third-order valence-corrected chi connectivity index (χ3v) is 4.35. The van der Waals surface area contributed by atoms with Gasteiger partial charge < -0.3 is 5.32 Å². The Balaban J connectivity index is 1.81. The molecule has 0 bridgehead atoms. The lowest BCUT2D eigenvalue weighted by Crippen LogP contribution is -2.39. The molecule has 0 aliphatic carbocycles. The normalized spacial score (nSPS) is 17.6. The van der Waals surface area contributed by atoms with Gasteiger partial charge in [-0.25, -0.2) is 9.67 Å². The van der Waals surface area contributed by atoms with E-state index >= 15 is 0 Å². The highest BCUT2D eigenvalue weighted by Gasteiger charge is 2.23. The summed E-state index contributed by atoms with van der Waals surface area (Å²) in [6, 6.07) is 10.5. The van der Waals surface area contributed by atoms with Crippen LogP contribution in [0.1, 0.15) is 37.3 Å². The average Bonchev–Trinajstić information content (AvgIpc) is 3.00. The standard InChI is InChI=1S/C17H19N5O/c1-11(2)22-16-13(8-19-22)17(23)21-10-14(18-9-15(21)20-16)12-6-4-3-5-7-12/h3-8,11,14,18H,9-10H2,1-2H3. The molecule has 2 aromatic heterocycles. The fourth-order valence-electron chi connectivity index (χ4n) is 3.13. The first-order valence-corrected chi connectivity index (χ1v) is 7.90. The smallest absolute Gasteiger partial charge is 0.264 e. The van der Waals surface area contributed by atoms with Crippen LogP contribution in [-0.2, 0) is 13.1 Å². The molecule has 6 heteroatoms. The Hall–Kier alpha value is -2.47. The lowest BCUT2D eigenvalue weighted by molar-refractivity contribution is 0.383. The van der Waals surface area contributed by atoms with Gasteiger partial charge in [0.05, 0.1) is 18.8 Å². The second kappa shape index (κ2) is 5.31. The van der Waals surface area contributed by atoms with Gasteiger partial charge in [0.1, 0.15) is 11.2 Å². The highest BCUT2D eigenvalue weighted by Crippen LogP contribution is 2.21. The molecular formula is C17H19N5O. The molecule has 1 N–H and O–H groups in total. The molecule has 1 unspecified atom stereocenters. The molecule has 4 rings (SSSR count). The van der Waals surface area contributed by atoms with Gasteiger partial charge in [-0.1, -0.05) is 30.3 Å². The molecule has 0 amide bonds. The van der Waals surface area contributed by atoms with Crippen molar-refractivity contribution in [3.63, 3.8) is 0 Å². The summed E-state index contributed by atoms with van der Waals surface area (Å²) in [6.07, 6.45) is 1.64. The van der Waals surface area contributed by atoms with Crippen LogP contribution in [0.25, 0.3) is 11.0 Å². The minimum absolute atomic E-state index is 0.000619. The fraction of sp³-hybridized carbons (Fsp3) is 0.353. The lowest BCUT2D eigenvalue weighted by atomic mass is 10.1. The van der Waals surface area contributed by atoms with E-state index in [1.54, 1.807) is 15.4 Å². The third-order valence-electron chi connectivity index (χ3n) is 4.35. The summed E-state index contributed by atoms with van der Waals surface area (Å²) in [5.74, 6) is 0.775. The molecule has 0 saturated heterocycles. The first kappa shape index (κ1) is 14.1. The zero-order valence-electron chi connectivity index (χ0n) is 13.2. The Bertz CT molecular complexity index is 910. The topological polar surface area (TPSA) is 64.7 Å². The van der Waals surface area contributed by atoms with E-state index in [1.165, 1.54) is 5.56 Å². The Labute approximate surface area is 133 Å². The number of hydrogen-bond acceptors (Lipinski definition) is 4. The molecule has 118 valence electrons. The van der Waals surface area contributed by atoms with Crippen molar-refractivity contribution in [2.24, 2.45) is 0 Å². The maximum Gasteiger partial charge on any atom is 0.264 e. The van der Waals surface area contributed by atoms with Gasteiger partial charge in [-0.15, -0.1) is 0 Å². The minimum Gasteiger partial charge on any atom is -0.301 e. The quantitative estimate of drug-likeness (QED) is 0.786. The maximum atomic E-state index is 12.8. The number of fused-ring (bicyclic) bond motifs is 2. The van der Waals surface area contributed by atoms with Crippen LogP contribution in [0.4, 0.5) is 0 Å². The van der Waals surface area contributed by atoms with Gasteiger partial charge in [0.25, 0.3) is 5.56 Å². The van der Waals surface area contributed by atoms with Gasteiger partial charge in [0, 0.05) is 12.6 Å². The first-order chi connectivity index (χ1) is 11.1. The molecule has 1 aliphatic rings. The van der Waals surface area contributed by atoms with Gasteiger partial charge in [-0.3, -0.25) is 9.36 Å². The predicted octanol–water partition coefficient (Wildman–Crippen LogP) is 2.02. The Morgan fingerprint density at radius 2 is 2.04 bits per heavy atom. The van der Waals surface area contributed by atoms with Crippen LogP contribution in [0.5, 0.6) is 0 Å². The molecule has 0 saturated carbocycles. The van der Waals surface area contributed by atoms with E-state index in [0.717, 1.165) is 5.82 Å². The van der Waals surface area contributed by atoms with Crippen LogP contribution in [0.15, 0.2) is 41.3 Å². The molecule has 0 spiro atoms. The molecule has 23 heavy (non-hydrogen) atoms. The van der Waals surface area contributed by atoms with Crippen LogP contribution in [0.2, 0.25) is 0 Å². The number of nitrogens with one attached hydrogen (secondary N) is 1. The highest BCUT2D eigenvalue weighted by atomic mass is 16.1. The molecule has 3 heterocycles. The second-order valence-corrected chi connectivity index (χ2v) is 6.21. The summed E-state index contributed by atoms with van der Waals surface area (Å²) in [6.45, 7) is 5.24. The SMILES string of the molecule is CC(C)n1ncc2c(=O)n3c(nc21)CNC(c1ccccc1)C3. The van der Waals surface area contributed by atoms with Crippen LogP contribution < -0.4 is 10.9 Å². The van der Waals surface area contributed by atoms with E-state index in [0.29, 0.717) is 24.1 Å². The van der Waals surface area contributed by atoms with Crippen molar-refractivity contribution >= 4 is 11.0 Å². The number of rotatable bonds is 2. The Kier molecular flexibility index (Phi) is 3.27. The van der Waals surface area contributed by atoms with Crippen molar-refractivity contribution in [2.75, 3.05) is 0 Å². The van der Waals surface area contributed by atoms with Gasteiger partial charge >= 0.3 is 0 Å². The van der Waals surface area contributed by atoms with E-state index in [-0.39, 0.29) is 17.6 Å². The summed E-state index contributed by atoms with van der Waals surface area (Å²) >= 11 is 0. The number of nitrogens with zero attached hydrogens (tertiary/aromatic N) is 4. The third kappa shape index (κ3) is 2.26. The summed E-state index contributed by atoms with van der Waals surface area (Å²) in [7, 11) is 0. The average molecular weight is 309 g/mol. The zero-order chi connectivity index (χ0) is 16.0. The molecule has 0 radical (unpaired) electrons. The molecule has 1 aromatic carbocycles. The minimum atomic E-state index is -0.000619. The molecule has 1 aliphatic heterocycles. The lowest BCUT2D eigenvalue weighted by Gasteiger charge is -2.27. The zero-order valence-corrected chi connectivity index (χ0v) is 13.2. The first-order valence-electron chi connectivity index (χ1n) is 7.90. The Morgan fingerprint density at radius 3 is 2.78 bits per heavy atom. The van der Waals surface area contributed by atoms with E-state index in [2.05, 4.69) is 27.5 Å². The highest BCUT2D eigenvalue weighted by molar-refractivity contribution is 5.73. The van der Waals surface area contributed by atoms with Gasteiger partial charge in [-0.2, -0.15) is 5.10 Å². The second-order valence-electron chi connectivity index (χ2n) is 6.21. The van der Waals surface area contributed by atoms with Crippen molar-refractivity contribution in [1.82, 2.24) is 24.6 Å². The van der Waals surface area contributed by atoms with E-state index in [4.69, 9.17) is 0 Å². The fourth-order valence-corrected chi connectivity index (χ4v) is 3.13. The van der Waals surface area contributed by atoms with E-state index in [9.17, 15) is 4.79 Å². The van der Waals surface area contributed by atoms with E-state index < -0.39 is 0 Å². The molecule has 1 atom stereocenters. The van der Waals surface area contributed by atoms with Crippen molar-refractivity contribution < 1.29 is 0 Å². The van der Waals surface area contributed by atoms with Crippen LogP contribution in [0.3, 0.4) is 0 Å². The Morgan fingerprint density at radius 1 is 1.26 bits per heavy atom. The van der Waals surface area contributed by atoms with Crippen LogP contribution in [0, 0.1) is 0 Å². The van der Waals surface area contributed by atoms with Gasteiger partial charge in [0.2, 0.25) is 0 Å². The van der Waals surface area contributed by atoms with Crippen LogP contribution in [-0.4, -0.2) is 19.3 Å². The number of aromatic nitrogens is 4. The van der Waals surface area contributed by atoms with Gasteiger partial charge in [0.15, 0.2) is 5.65 Å². The molecule has 3 aromatic rings. The maximum absolute atomic E-state index is 12.8. The van der Waals surface area contributed by atoms with Crippen molar-refractivity contribution in [3.8, 4) is 0 Å². The summed E-state index contributed by atoms with van der Waals surface area (Å²) in [5, 5.41) is 8.39. The monoisotopic (exact) mass is 309 g/mol. The number of benzene rings is 1. The number of hydrogen-bond donors (Lipinski definition) is 1. The summed E-state index contributed by atoms with van der Waals surface area (Å²) in [4.78, 5) is 17.5. The predicted molar refractivity (Wildman–Crippen MR) is 88.2 cm³/mol. The van der Waals surface area contributed by atoms with E-state index in [1.807, 2.05) is 32.0 Å². The summed E-state index contributed by atoms with van der Waals surface area (Å²) < 4.78 is 3.59. The van der Waals surface area contributed by atoms with Crippen molar-refractivity contribution in [3.05, 3.63) is 58.3 Å². The molecular weight excluding hydrogens is 290 g/mol. The van der Waals surface area contributed by atoms with Crippen molar-refractivity contribution in [2.45, 2.75) is 39.0 Å². The largest absolute Gasteiger partial charge is 0.301 e. The summed E-state index contributed by atoms with van der Waals surface area (Å²) in [5.41, 5.74) is 1.86. The van der Waals surface area contributed by atoms with Crippen LogP contribution >= 0.6 is 0 Å². The van der Waals surface area contributed by atoms with Crippen molar-refractivity contribution in [1.29, 1.82) is 0 Å².